The minimum absolute atomic E-state index is 0.0184. The molecule has 0 bridgehead atoms. The van der Waals surface area contributed by atoms with Crippen molar-refractivity contribution in [2.45, 2.75) is 25.6 Å². The van der Waals surface area contributed by atoms with Crippen LogP contribution in [0.5, 0.6) is 5.75 Å². The van der Waals surface area contributed by atoms with Crippen molar-refractivity contribution in [1.29, 1.82) is 0 Å². The second-order valence-electron chi connectivity index (χ2n) is 9.12. The van der Waals surface area contributed by atoms with Gasteiger partial charge in [-0.2, -0.15) is 0 Å². The van der Waals surface area contributed by atoms with Crippen LogP contribution in [-0.4, -0.2) is 82.3 Å². The van der Waals surface area contributed by atoms with Gasteiger partial charge in [0.2, 0.25) is 5.91 Å². The average Bonchev–Trinajstić information content (AvgIpc) is 3.25. The molecule has 35 heavy (non-hydrogen) atoms. The smallest absolute Gasteiger partial charge is 0.252 e. The molecular weight excluding hydrogens is 448 g/mol. The number of nitrogens with zero attached hydrogens (tertiary/aromatic N) is 2. The van der Waals surface area contributed by atoms with Gasteiger partial charge >= 0.3 is 0 Å². The highest BCUT2D eigenvalue weighted by atomic mass is 16.5. The zero-order chi connectivity index (χ0) is 24.4. The van der Waals surface area contributed by atoms with Crippen LogP contribution in [0.1, 0.15) is 27.2 Å². The number of hydrogen-bond donors (Lipinski definition) is 4. The summed E-state index contributed by atoms with van der Waals surface area (Å²) in [4.78, 5) is 33.4. The van der Waals surface area contributed by atoms with E-state index in [4.69, 9.17) is 4.74 Å². The van der Waals surface area contributed by atoms with E-state index in [1.165, 1.54) is 17.0 Å². The number of morpholine rings is 1. The third-order valence-corrected chi connectivity index (χ3v) is 6.73. The quantitative estimate of drug-likeness (QED) is 0.425. The predicted octanol–water partition coefficient (Wildman–Crippen LogP) is 1.38. The summed E-state index contributed by atoms with van der Waals surface area (Å²) in [6.45, 7) is 3.85. The Morgan fingerprint density at radius 1 is 1.11 bits per heavy atom. The number of benzene rings is 2. The molecule has 0 saturated carbocycles. The molecule has 2 aliphatic rings. The average molecular weight is 479 g/mol. The number of aromatic nitrogens is 1. The van der Waals surface area contributed by atoms with Crippen LogP contribution in [0.3, 0.4) is 0 Å². The Labute approximate surface area is 203 Å². The number of carbonyl (C=O) groups excluding carboxylic acids is 2. The Morgan fingerprint density at radius 2 is 1.91 bits per heavy atom. The van der Waals surface area contributed by atoms with Crippen LogP contribution >= 0.6 is 0 Å². The van der Waals surface area contributed by atoms with Gasteiger partial charge in [0, 0.05) is 48.3 Å². The first-order chi connectivity index (χ1) is 17.0. The standard InChI is InChI=1S/C26H30N4O5/c31-16-24(26(34)30-6-5-21-20-3-1-2-4-22(20)27-23(21)15-30)28-25(33)18-11-17(12-19(32)13-18)14-29-7-9-35-10-8-29/h1-4,11-13,24,27,31-32H,5-10,14-16H2,(H,28,33). The molecule has 1 atom stereocenters. The van der Waals surface area contributed by atoms with E-state index < -0.39 is 18.6 Å². The summed E-state index contributed by atoms with van der Waals surface area (Å²) >= 11 is 0. The first kappa shape index (κ1) is 23.3. The zero-order valence-electron chi connectivity index (χ0n) is 19.5. The normalized spacial score (nSPS) is 17.2. The van der Waals surface area contributed by atoms with Gasteiger partial charge in [0.1, 0.15) is 11.8 Å². The Morgan fingerprint density at radius 3 is 2.71 bits per heavy atom. The van der Waals surface area contributed by atoms with E-state index in [0.717, 1.165) is 29.9 Å². The van der Waals surface area contributed by atoms with Gasteiger partial charge < -0.3 is 30.2 Å². The molecule has 0 spiro atoms. The van der Waals surface area contributed by atoms with Crippen LogP contribution in [0.4, 0.5) is 0 Å². The number of aromatic hydroxyl groups is 1. The van der Waals surface area contributed by atoms with Crippen molar-refractivity contribution in [3.05, 3.63) is 64.8 Å². The van der Waals surface area contributed by atoms with Gasteiger partial charge in [-0.15, -0.1) is 0 Å². The van der Waals surface area contributed by atoms with Gasteiger partial charge in [0.15, 0.2) is 0 Å². The van der Waals surface area contributed by atoms with Crippen molar-refractivity contribution in [2.24, 2.45) is 0 Å². The largest absolute Gasteiger partial charge is 0.508 e. The molecule has 0 aliphatic carbocycles. The molecule has 1 aromatic heterocycles. The summed E-state index contributed by atoms with van der Waals surface area (Å²) in [7, 11) is 0. The van der Waals surface area contributed by atoms with Crippen LogP contribution in [0.15, 0.2) is 42.5 Å². The van der Waals surface area contributed by atoms with Crippen molar-refractivity contribution in [3.8, 4) is 5.75 Å². The Balaban J connectivity index is 1.26. The fraction of sp³-hybridized carbons (Fsp3) is 0.385. The lowest BCUT2D eigenvalue weighted by atomic mass is 10.0. The van der Waals surface area contributed by atoms with Crippen LogP contribution in [0, 0.1) is 0 Å². The maximum atomic E-state index is 13.2. The number of nitrogens with one attached hydrogen (secondary N) is 2. The number of ether oxygens (including phenoxy) is 1. The molecule has 0 radical (unpaired) electrons. The van der Waals surface area contributed by atoms with Gasteiger partial charge in [-0.1, -0.05) is 18.2 Å². The van der Waals surface area contributed by atoms with Crippen molar-refractivity contribution in [2.75, 3.05) is 39.5 Å². The number of H-pyrrole nitrogens is 1. The summed E-state index contributed by atoms with van der Waals surface area (Å²) in [5.74, 6) is -0.867. The predicted molar refractivity (Wildman–Crippen MR) is 130 cm³/mol. The van der Waals surface area contributed by atoms with E-state index in [0.29, 0.717) is 39.3 Å². The summed E-state index contributed by atoms with van der Waals surface area (Å²) < 4.78 is 5.37. The Kier molecular flexibility index (Phi) is 6.72. The number of phenolic OH excluding ortho intramolecular Hbond substituents is 1. The molecule has 3 aromatic rings. The molecular formula is C26H30N4O5. The lowest BCUT2D eigenvalue weighted by molar-refractivity contribution is -0.135. The van der Waals surface area contributed by atoms with Gasteiger partial charge in [0.25, 0.3) is 5.91 Å². The highest BCUT2D eigenvalue weighted by molar-refractivity contribution is 5.98. The Hall–Kier alpha value is -3.40. The number of aliphatic hydroxyl groups is 1. The number of aliphatic hydroxyl groups excluding tert-OH is 1. The van der Waals surface area contributed by atoms with Gasteiger partial charge in [-0.3, -0.25) is 14.5 Å². The number of para-hydroxylation sites is 1. The summed E-state index contributed by atoms with van der Waals surface area (Å²) in [5, 5.41) is 23.9. The van der Waals surface area contributed by atoms with Crippen molar-refractivity contribution in [3.63, 3.8) is 0 Å². The van der Waals surface area contributed by atoms with Crippen LogP contribution < -0.4 is 5.32 Å². The molecule has 9 heteroatoms. The molecule has 1 unspecified atom stereocenters. The molecule has 4 N–H and O–H groups in total. The number of aromatic amines is 1. The van der Waals surface area contributed by atoms with Crippen molar-refractivity contribution < 1.29 is 24.5 Å². The van der Waals surface area contributed by atoms with E-state index in [9.17, 15) is 19.8 Å². The van der Waals surface area contributed by atoms with Crippen molar-refractivity contribution >= 4 is 22.7 Å². The molecule has 3 heterocycles. The van der Waals surface area contributed by atoms with Crippen LogP contribution in [0.2, 0.25) is 0 Å². The molecule has 1 fully saturated rings. The highest BCUT2D eigenvalue weighted by Crippen LogP contribution is 2.27. The topological polar surface area (TPSA) is 118 Å². The third kappa shape index (κ3) is 5.02. The van der Waals surface area contributed by atoms with Gasteiger partial charge in [-0.05, 0) is 41.8 Å². The zero-order valence-corrected chi connectivity index (χ0v) is 19.5. The molecule has 1 saturated heterocycles. The first-order valence-corrected chi connectivity index (χ1v) is 11.9. The highest BCUT2D eigenvalue weighted by Gasteiger charge is 2.30. The number of carbonyl (C=O) groups is 2. The summed E-state index contributed by atoms with van der Waals surface area (Å²) in [6.07, 6.45) is 0.703. The lowest BCUT2D eigenvalue weighted by Gasteiger charge is -2.30. The molecule has 2 amide bonds. The monoisotopic (exact) mass is 478 g/mol. The van der Waals surface area contributed by atoms with Gasteiger partial charge in [0.05, 0.1) is 26.4 Å². The Bertz CT molecular complexity index is 1230. The third-order valence-electron chi connectivity index (χ3n) is 6.73. The maximum Gasteiger partial charge on any atom is 0.252 e. The second kappa shape index (κ2) is 10.1. The fourth-order valence-electron chi connectivity index (χ4n) is 4.94. The van der Waals surface area contributed by atoms with Crippen LogP contribution in [-0.2, 0) is 29.0 Å². The van der Waals surface area contributed by atoms with Crippen molar-refractivity contribution in [1.82, 2.24) is 20.1 Å². The minimum Gasteiger partial charge on any atom is -0.508 e. The fourth-order valence-corrected chi connectivity index (χ4v) is 4.94. The number of hydrogen-bond acceptors (Lipinski definition) is 6. The first-order valence-electron chi connectivity index (χ1n) is 11.9. The maximum absolute atomic E-state index is 13.2. The van der Waals surface area contributed by atoms with E-state index >= 15 is 0 Å². The van der Waals surface area contributed by atoms with E-state index in [2.05, 4.69) is 21.3 Å². The molecule has 2 aromatic carbocycles. The van der Waals surface area contributed by atoms with Gasteiger partial charge in [-0.25, -0.2) is 0 Å². The van der Waals surface area contributed by atoms with Crippen LogP contribution in [0.25, 0.3) is 10.9 Å². The van der Waals surface area contributed by atoms with E-state index in [1.54, 1.807) is 17.0 Å². The van der Waals surface area contributed by atoms with E-state index in [-0.39, 0.29) is 17.2 Å². The summed E-state index contributed by atoms with van der Waals surface area (Å²) in [6, 6.07) is 11.7. The summed E-state index contributed by atoms with van der Waals surface area (Å²) in [5.41, 5.74) is 4.27. The number of amides is 2. The molecule has 2 aliphatic heterocycles. The van der Waals surface area contributed by atoms with E-state index in [1.807, 2.05) is 18.2 Å². The molecule has 5 rings (SSSR count). The lowest BCUT2D eigenvalue weighted by Crippen LogP contribution is -2.51. The number of phenols is 1. The molecule has 9 nitrogen and oxygen atoms in total. The number of rotatable bonds is 6. The number of fused-ring (bicyclic) bond motifs is 3. The molecule has 184 valence electrons. The SMILES string of the molecule is O=C(NC(CO)C(=O)N1CCc2c([nH]c3ccccc23)C1)c1cc(O)cc(CN2CCOCC2)c1. The minimum atomic E-state index is -1.07. The second-order valence-corrected chi connectivity index (χ2v) is 9.12.